The number of anilines is 8. The van der Waals surface area contributed by atoms with Crippen LogP contribution in [0.15, 0.2) is 146 Å². The number of carboxylic acid groups (broad SMARTS) is 1. The van der Waals surface area contributed by atoms with E-state index in [4.69, 9.17) is 14.6 Å². The molecule has 0 radical (unpaired) electrons. The average Bonchev–Trinajstić information content (AvgIpc) is 1.60. The number of halogens is 4. The summed E-state index contributed by atoms with van der Waals surface area (Å²) in [4.78, 5) is 158. The van der Waals surface area contributed by atoms with Crippen molar-refractivity contribution in [2.45, 2.75) is 114 Å². The quantitative estimate of drug-likeness (QED) is 0.0136. The lowest BCUT2D eigenvalue weighted by Gasteiger charge is -2.36. The zero-order valence-corrected chi connectivity index (χ0v) is 71.3. The highest BCUT2D eigenvalue weighted by molar-refractivity contribution is 6.25. The van der Waals surface area contributed by atoms with E-state index < -0.39 is 88.6 Å². The van der Waals surface area contributed by atoms with Gasteiger partial charge in [0.1, 0.15) is 35.4 Å². The molecule has 8 aliphatic rings. The molecule has 8 aromatic carbocycles. The molecule has 6 saturated heterocycles. The van der Waals surface area contributed by atoms with Crippen LogP contribution in [0.3, 0.4) is 0 Å². The van der Waals surface area contributed by atoms with Gasteiger partial charge in [0, 0.05) is 187 Å². The van der Waals surface area contributed by atoms with E-state index in [1.165, 1.54) is 36.4 Å². The number of amides is 11. The predicted molar refractivity (Wildman–Crippen MR) is 477 cm³/mol. The molecule has 12 N–H and O–H groups in total. The van der Waals surface area contributed by atoms with Gasteiger partial charge in [-0.2, -0.15) is 10.2 Å². The number of carbonyl (C=O) groups is 12. The maximum Gasteiger partial charge on any atom is 0.303 e. The summed E-state index contributed by atoms with van der Waals surface area (Å²) in [6.07, 6.45) is 5.52. The first kappa shape index (κ1) is 89.9. The van der Waals surface area contributed by atoms with Crippen LogP contribution in [0.25, 0.3) is 21.8 Å². The number of piperidine rings is 2. The lowest BCUT2D eigenvalue weighted by atomic mass is 10.0. The molecule has 0 spiro atoms. The number of ether oxygens (including phenoxy) is 2. The SMILES string of the molecule is O=C(Nc1n[nH]c2ccc(Cc3cc(F)cc(F)c3)cc12)c1ccc(N2CCNCC2)cc1NC1CCOCC1.O=C(O)CCCNc1ccc2c(c1)C(=O)N(C1CCC(=O)NC1=O)C2=O.O=C1CCC(N2C(=O)c3ccc(NCCCC(=O)N4CCN(c5ccc(C(=O)Nc6n[nH]c7ccc(Cc8cc(F)cc(F)c8)cc67)c(NC6CCOCC6)c5)CC4)cc3C2=O)C(=O)N1. The first-order valence-corrected chi connectivity index (χ1v) is 43.7. The molecule has 18 rings (SSSR count). The van der Waals surface area contributed by atoms with E-state index in [1.807, 2.05) is 65.6 Å². The van der Waals surface area contributed by atoms with E-state index in [0.29, 0.717) is 153 Å². The van der Waals surface area contributed by atoms with Crippen molar-refractivity contribution in [1.29, 1.82) is 0 Å². The molecule has 2 atom stereocenters. The molecule has 6 fully saturated rings. The van der Waals surface area contributed by atoms with Crippen molar-refractivity contribution in [3.05, 3.63) is 224 Å². The van der Waals surface area contributed by atoms with Crippen LogP contribution >= 0.6 is 0 Å². The van der Waals surface area contributed by atoms with E-state index in [-0.39, 0.29) is 90.6 Å². The van der Waals surface area contributed by atoms with Crippen LogP contribution in [0.5, 0.6) is 0 Å². The molecule has 0 bridgehead atoms. The number of piperazine rings is 2. The molecule has 10 heterocycles. The molecule has 11 amide bonds. The number of aromatic nitrogens is 4. The van der Waals surface area contributed by atoms with Crippen LogP contribution < -0.4 is 57.7 Å². The smallest absolute Gasteiger partial charge is 0.303 e. The van der Waals surface area contributed by atoms with Crippen LogP contribution in [-0.4, -0.2) is 227 Å². The molecule has 131 heavy (non-hydrogen) atoms. The summed E-state index contributed by atoms with van der Waals surface area (Å²) >= 11 is 0. The van der Waals surface area contributed by atoms with Crippen molar-refractivity contribution in [3.63, 3.8) is 0 Å². The number of nitrogens with one attached hydrogen (secondary N) is 11. The van der Waals surface area contributed by atoms with Crippen LogP contribution in [0.1, 0.15) is 161 Å². The zero-order valence-electron chi connectivity index (χ0n) is 71.3. The molecule has 8 aliphatic heterocycles. The number of nitrogens with zero attached hydrogens (tertiary/aromatic N) is 7. The second kappa shape index (κ2) is 40.5. The molecule has 37 heteroatoms. The monoisotopic (exact) mass is 1790 g/mol. The summed E-state index contributed by atoms with van der Waals surface area (Å²) in [5.41, 5.74) is 10.4. The Morgan fingerprint density at radius 2 is 0.863 bits per heavy atom. The van der Waals surface area contributed by atoms with E-state index in [1.54, 1.807) is 30.3 Å². The minimum absolute atomic E-state index is 0.0239. The summed E-state index contributed by atoms with van der Waals surface area (Å²) in [6.45, 7) is 9.35. The molecule has 680 valence electrons. The molecule has 0 saturated carbocycles. The minimum Gasteiger partial charge on any atom is -0.481 e. The minimum atomic E-state index is -1.04. The standard InChI is InChI=1S/C47H47F2N9O7.C30H32F2N6O2.C17H17N3O6/c48-29-21-28(22-30(49)24-29)20-27-3-8-38-37(23-27)43(55-54-38)53-44(61)35-7-5-33(26-39(35)51-31-11-18-65-19-12-31)56-14-16-57(17-15-56)42(60)2-1-13-50-32-4-6-34-36(25-32)47(64)58(46(34)63)40-9-10-41(59)52-45(40)62;31-21-14-20(15-22(32)17-21)13-19-1-4-27-26(16-19)29(37-36-27)35-30(39)25-3-2-24(38-9-7-33-8-10-38)18-28(25)34-23-5-11-40-12-6-23;21-13-6-5-12(15(24)19-13)20-16(25)10-4-3-9(8-11(10)17(20)26)18-7-1-2-14(22)23/h3-8,21-26,31,40,50-51H,1-2,9-20H2,(H,52,59,62)(H2,53,54,55,61);1-4,14-18,23,33-34H,5-13H2,(H2,35,36,37,39);3-4,8,12,18H,1-2,5-7H2,(H,22,23)(H,19,21,24). The number of fused-ring (bicyclic) bond motifs is 4. The lowest BCUT2D eigenvalue weighted by Crippen LogP contribution is -2.54. The van der Waals surface area contributed by atoms with Gasteiger partial charge in [-0.25, -0.2) is 17.6 Å². The number of hydrogen-bond donors (Lipinski definition) is 12. The Labute approximate surface area is 747 Å². The third-order valence-corrected chi connectivity index (χ3v) is 24.2. The highest BCUT2D eigenvalue weighted by atomic mass is 19.1. The maximum absolute atomic E-state index is 14.0. The summed E-state index contributed by atoms with van der Waals surface area (Å²) in [7, 11) is 0. The number of benzene rings is 8. The normalized spacial score (nSPS) is 17.7. The van der Waals surface area contributed by atoms with Crippen molar-refractivity contribution in [3.8, 4) is 0 Å². The third kappa shape index (κ3) is 21.4. The molecule has 0 aliphatic carbocycles. The first-order valence-electron chi connectivity index (χ1n) is 43.7. The molecular formula is C94H96F4N18O15. The highest BCUT2D eigenvalue weighted by Crippen LogP contribution is 2.36. The van der Waals surface area contributed by atoms with E-state index >= 15 is 0 Å². The summed E-state index contributed by atoms with van der Waals surface area (Å²) in [5, 5.41) is 51.7. The number of carboxylic acids is 1. The Morgan fingerprint density at radius 3 is 1.29 bits per heavy atom. The highest BCUT2D eigenvalue weighted by Gasteiger charge is 2.47. The van der Waals surface area contributed by atoms with Crippen LogP contribution in [0, 0.1) is 23.3 Å². The number of hydrogen-bond acceptors (Lipinski definition) is 23. The van der Waals surface area contributed by atoms with Gasteiger partial charge in [-0.15, -0.1) is 0 Å². The van der Waals surface area contributed by atoms with Gasteiger partial charge >= 0.3 is 5.97 Å². The molecule has 2 aromatic heterocycles. The van der Waals surface area contributed by atoms with Crippen LogP contribution in [0.4, 0.5) is 63.3 Å². The number of rotatable bonds is 26. The van der Waals surface area contributed by atoms with Crippen LogP contribution in [0.2, 0.25) is 0 Å². The van der Waals surface area contributed by atoms with Gasteiger partial charge < -0.3 is 66.5 Å². The lowest BCUT2D eigenvalue weighted by molar-refractivity contribution is -0.138. The Bertz CT molecular complexity index is 6080. The first-order chi connectivity index (χ1) is 63.4. The summed E-state index contributed by atoms with van der Waals surface area (Å²) in [5.74, 6) is -7.74. The summed E-state index contributed by atoms with van der Waals surface area (Å²) < 4.78 is 66.3. The van der Waals surface area contributed by atoms with E-state index in [9.17, 15) is 75.1 Å². The van der Waals surface area contributed by atoms with Crippen molar-refractivity contribution in [2.24, 2.45) is 0 Å². The van der Waals surface area contributed by atoms with Crippen molar-refractivity contribution >= 4 is 139 Å². The third-order valence-electron chi connectivity index (χ3n) is 24.2. The van der Waals surface area contributed by atoms with Gasteiger partial charge in [0.2, 0.25) is 29.5 Å². The zero-order chi connectivity index (χ0) is 91.5. The van der Waals surface area contributed by atoms with Gasteiger partial charge in [-0.1, -0.05) is 12.1 Å². The fourth-order valence-corrected chi connectivity index (χ4v) is 17.4. The van der Waals surface area contributed by atoms with Gasteiger partial charge in [0.15, 0.2) is 11.6 Å². The van der Waals surface area contributed by atoms with Gasteiger partial charge in [0.25, 0.3) is 35.4 Å². The molecule has 2 unspecified atom stereocenters. The fraction of sp³-hybridized carbons (Fsp3) is 0.340. The Hall–Kier alpha value is -14.5. The number of aromatic amines is 2. The van der Waals surface area contributed by atoms with Crippen LogP contribution in [-0.2, 0) is 51.1 Å². The van der Waals surface area contributed by atoms with Gasteiger partial charge in [-0.3, -0.25) is 88.2 Å². The number of carbonyl (C=O) groups excluding carboxylic acids is 11. The van der Waals surface area contributed by atoms with Crippen molar-refractivity contribution in [1.82, 2.24) is 51.0 Å². The Morgan fingerprint density at radius 1 is 0.443 bits per heavy atom. The number of aliphatic carboxylic acids is 1. The number of H-pyrrole nitrogens is 2. The largest absolute Gasteiger partial charge is 0.481 e. The van der Waals surface area contributed by atoms with Crippen molar-refractivity contribution in [2.75, 3.05) is 134 Å². The predicted octanol–water partition coefficient (Wildman–Crippen LogP) is 10.3. The van der Waals surface area contributed by atoms with Crippen molar-refractivity contribution < 1.29 is 89.7 Å². The summed E-state index contributed by atoms with van der Waals surface area (Å²) in [6, 6.07) is 37.4. The maximum atomic E-state index is 14.0. The molecule has 10 aromatic rings. The van der Waals surface area contributed by atoms with E-state index in [0.717, 1.165) is 113 Å². The Balaban J connectivity index is 0.000000160. The number of imide groups is 4. The van der Waals surface area contributed by atoms with Gasteiger partial charge in [0.05, 0.1) is 44.4 Å². The van der Waals surface area contributed by atoms with Gasteiger partial charge in [-0.05, 0) is 208 Å². The topological polar surface area (TPSA) is 425 Å². The Kier molecular flexibility index (Phi) is 27.8. The fourth-order valence-electron chi connectivity index (χ4n) is 17.4. The second-order valence-electron chi connectivity index (χ2n) is 33.2. The average molecular weight is 1790 g/mol. The molecular weight excluding hydrogens is 1700 g/mol. The molecule has 33 nitrogen and oxygen atoms in total. The van der Waals surface area contributed by atoms with E-state index in [2.05, 4.69) is 84.1 Å². The second-order valence-corrected chi connectivity index (χ2v) is 33.2.